The molecule has 3 rings (SSSR count). The van der Waals surface area contributed by atoms with Crippen LogP contribution in [0.4, 0.5) is 11.6 Å². The monoisotopic (exact) mass is 341 g/mol. The van der Waals surface area contributed by atoms with Crippen molar-refractivity contribution >= 4 is 11.6 Å². The second-order valence-electron chi connectivity index (χ2n) is 6.49. The summed E-state index contributed by atoms with van der Waals surface area (Å²) < 4.78 is 5.49. The van der Waals surface area contributed by atoms with Crippen LogP contribution in [0.5, 0.6) is 5.75 Å². The molecule has 0 saturated carbocycles. The summed E-state index contributed by atoms with van der Waals surface area (Å²) in [4.78, 5) is 13.8. The Balaban J connectivity index is 1.60. The standard InChI is InChI=1S/C19H27N5O/c1-14-13-15(2)21-19(20-14)22-16(3)23-9-11-24(12-10-23)17-7-5-6-8-18(17)25-4/h5-8,13,16H,9-12H2,1-4H3,(H,20,21,22). The Morgan fingerprint density at radius 1 is 1.04 bits per heavy atom. The number of nitrogens with one attached hydrogen (secondary N) is 1. The number of aryl methyl sites for hydroxylation is 2. The third-order valence-electron chi connectivity index (χ3n) is 4.61. The Labute approximate surface area is 149 Å². The number of benzene rings is 1. The molecule has 0 aliphatic carbocycles. The summed E-state index contributed by atoms with van der Waals surface area (Å²) in [5.41, 5.74) is 3.15. The summed E-state index contributed by atoms with van der Waals surface area (Å²) in [6, 6.07) is 10.2. The van der Waals surface area contributed by atoms with E-state index in [1.54, 1.807) is 7.11 Å². The Morgan fingerprint density at radius 2 is 1.68 bits per heavy atom. The molecular formula is C19H27N5O. The van der Waals surface area contributed by atoms with E-state index in [9.17, 15) is 0 Å². The number of aromatic nitrogens is 2. The van der Waals surface area contributed by atoms with Gasteiger partial charge in [-0.25, -0.2) is 9.97 Å². The number of ether oxygens (including phenoxy) is 1. The molecule has 6 heteroatoms. The van der Waals surface area contributed by atoms with Crippen LogP contribution in [0.25, 0.3) is 0 Å². The van der Waals surface area contributed by atoms with E-state index in [0.29, 0.717) is 5.95 Å². The summed E-state index contributed by atoms with van der Waals surface area (Å²) in [6.07, 6.45) is 0.195. The fourth-order valence-electron chi connectivity index (χ4n) is 3.31. The molecule has 1 fully saturated rings. The van der Waals surface area contributed by atoms with Gasteiger partial charge in [-0.1, -0.05) is 12.1 Å². The van der Waals surface area contributed by atoms with E-state index in [0.717, 1.165) is 43.3 Å². The first-order valence-electron chi connectivity index (χ1n) is 8.77. The zero-order valence-electron chi connectivity index (χ0n) is 15.5. The molecule has 1 aromatic heterocycles. The fourth-order valence-corrected chi connectivity index (χ4v) is 3.31. The van der Waals surface area contributed by atoms with Gasteiger partial charge in [0, 0.05) is 37.6 Å². The first-order chi connectivity index (χ1) is 12.1. The molecule has 1 atom stereocenters. The molecule has 0 radical (unpaired) electrons. The average Bonchev–Trinajstić information content (AvgIpc) is 2.61. The third kappa shape index (κ3) is 4.20. The number of methoxy groups -OCH3 is 1. The van der Waals surface area contributed by atoms with Crippen LogP contribution in [0.2, 0.25) is 0 Å². The summed E-state index contributed by atoms with van der Waals surface area (Å²) in [6.45, 7) is 10.1. The fraction of sp³-hybridized carbons (Fsp3) is 0.474. The number of piperazine rings is 1. The molecule has 0 spiro atoms. The molecular weight excluding hydrogens is 314 g/mol. The van der Waals surface area contributed by atoms with Gasteiger partial charge in [0.2, 0.25) is 5.95 Å². The molecule has 25 heavy (non-hydrogen) atoms. The van der Waals surface area contributed by atoms with Crippen molar-refractivity contribution in [1.82, 2.24) is 14.9 Å². The van der Waals surface area contributed by atoms with Crippen molar-refractivity contribution in [3.8, 4) is 5.75 Å². The van der Waals surface area contributed by atoms with Crippen molar-refractivity contribution < 1.29 is 4.74 Å². The highest BCUT2D eigenvalue weighted by atomic mass is 16.5. The molecule has 134 valence electrons. The highest BCUT2D eigenvalue weighted by molar-refractivity contribution is 5.58. The number of hydrogen-bond acceptors (Lipinski definition) is 6. The zero-order chi connectivity index (χ0) is 17.8. The topological polar surface area (TPSA) is 53.5 Å². The van der Waals surface area contributed by atoms with Crippen molar-refractivity contribution in [2.75, 3.05) is 43.5 Å². The summed E-state index contributed by atoms with van der Waals surface area (Å²) in [5, 5.41) is 3.43. The smallest absolute Gasteiger partial charge is 0.224 e. The van der Waals surface area contributed by atoms with Gasteiger partial charge in [0.15, 0.2) is 0 Å². The van der Waals surface area contributed by atoms with Gasteiger partial charge in [0.25, 0.3) is 0 Å². The summed E-state index contributed by atoms with van der Waals surface area (Å²) in [7, 11) is 1.73. The Kier molecular flexibility index (Phi) is 5.38. The van der Waals surface area contributed by atoms with E-state index in [1.165, 1.54) is 5.69 Å². The van der Waals surface area contributed by atoms with Crippen molar-refractivity contribution in [1.29, 1.82) is 0 Å². The minimum atomic E-state index is 0.195. The quantitative estimate of drug-likeness (QED) is 0.902. The normalized spacial score (nSPS) is 16.6. The lowest BCUT2D eigenvalue weighted by Crippen LogP contribution is -2.52. The second-order valence-corrected chi connectivity index (χ2v) is 6.49. The zero-order valence-corrected chi connectivity index (χ0v) is 15.5. The van der Waals surface area contributed by atoms with Crippen molar-refractivity contribution in [3.05, 3.63) is 41.7 Å². The number of nitrogens with zero attached hydrogens (tertiary/aromatic N) is 4. The minimum Gasteiger partial charge on any atom is -0.495 e. The second kappa shape index (κ2) is 7.70. The molecule has 6 nitrogen and oxygen atoms in total. The number of para-hydroxylation sites is 2. The van der Waals surface area contributed by atoms with E-state index in [1.807, 2.05) is 32.0 Å². The maximum atomic E-state index is 5.49. The van der Waals surface area contributed by atoms with Gasteiger partial charge in [-0.15, -0.1) is 0 Å². The number of hydrogen-bond donors (Lipinski definition) is 1. The molecule has 1 aliphatic heterocycles. The Bertz CT molecular complexity index is 692. The van der Waals surface area contributed by atoms with Crippen LogP contribution in [0.3, 0.4) is 0 Å². The average molecular weight is 341 g/mol. The molecule has 2 aromatic rings. The lowest BCUT2D eigenvalue weighted by Gasteiger charge is -2.39. The van der Waals surface area contributed by atoms with Crippen LogP contribution in [0.1, 0.15) is 18.3 Å². The van der Waals surface area contributed by atoms with E-state index < -0.39 is 0 Å². The van der Waals surface area contributed by atoms with Gasteiger partial charge in [0.1, 0.15) is 5.75 Å². The molecule has 1 N–H and O–H groups in total. The molecule has 2 heterocycles. The van der Waals surface area contributed by atoms with E-state index in [-0.39, 0.29) is 6.17 Å². The van der Waals surface area contributed by atoms with E-state index >= 15 is 0 Å². The molecule has 0 bridgehead atoms. The summed E-state index contributed by atoms with van der Waals surface area (Å²) >= 11 is 0. The van der Waals surface area contributed by atoms with Crippen LogP contribution in [0, 0.1) is 13.8 Å². The molecule has 1 aromatic carbocycles. The Hall–Kier alpha value is -2.34. The van der Waals surface area contributed by atoms with Crippen molar-refractivity contribution in [2.45, 2.75) is 26.9 Å². The van der Waals surface area contributed by atoms with E-state index in [2.05, 4.69) is 44.1 Å². The lowest BCUT2D eigenvalue weighted by molar-refractivity contribution is 0.214. The van der Waals surface area contributed by atoms with Crippen LogP contribution in [-0.4, -0.2) is 54.3 Å². The van der Waals surface area contributed by atoms with Crippen molar-refractivity contribution in [2.24, 2.45) is 0 Å². The highest BCUT2D eigenvalue weighted by Crippen LogP contribution is 2.28. The molecule has 0 amide bonds. The predicted molar refractivity (Wildman–Crippen MR) is 101 cm³/mol. The lowest BCUT2D eigenvalue weighted by atomic mass is 10.2. The molecule has 1 unspecified atom stereocenters. The van der Waals surface area contributed by atoms with Crippen LogP contribution < -0.4 is 15.0 Å². The first kappa shape index (κ1) is 17.5. The summed E-state index contributed by atoms with van der Waals surface area (Å²) in [5.74, 6) is 1.64. The first-order valence-corrected chi connectivity index (χ1v) is 8.77. The minimum absolute atomic E-state index is 0.195. The number of rotatable bonds is 5. The maximum Gasteiger partial charge on any atom is 0.224 e. The van der Waals surface area contributed by atoms with Crippen LogP contribution in [-0.2, 0) is 0 Å². The van der Waals surface area contributed by atoms with Crippen LogP contribution >= 0.6 is 0 Å². The van der Waals surface area contributed by atoms with Gasteiger partial charge in [-0.05, 0) is 39.0 Å². The van der Waals surface area contributed by atoms with Gasteiger partial charge >= 0.3 is 0 Å². The highest BCUT2D eigenvalue weighted by Gasteiger charge is 2.23. The Morgan fingerprint density at radius 3 is 2.32 bits per heavy atom. The predicted octanol–water partition coefficient (Wildman–Crippen LogP) is 2.68. The largest absolute Gasteiger partial charge is 0.495 e. The van der Waals surface area contributed by atoms with Gasteiger partial charge < -0.3 is 15.0 Å². The van der Waals surface area contributed by atoms with Crippen LogP contribution in [0.15, 0.2) is 30.3 Å². The van der Waals surface area contributed by atoms with Gasteiger partial charge in [-0.2, -0.15) is 0 Å². The number of anilines is 2. The third-order valence-corrected chi connectivity index (χ3v) is 4.61. The van der Waals surface area contributed by atoms with Gasteiger partial charge in [-0.3, -0.25) is 4.90 Å². The maximum absolute atomic E-state index is 5.49. The van der Waals surface area contributed by atoms with Gasteiger partial charge in [0.05, 0.1) is 19.0 Å². The SMILES string of the molecule is COc1ccccc1N1CCN(C(C)Nc2nc(C)cc(C)n2)CC1. The molecule has 1 saturated heterocycles. The van der Waals surface area contributed by atoms with Crippen molar-refractivity contribution in [3.63, 3.8) is 0 Å². The molecule has 1 aliphatic rings. The van der Waals surface area contributed by atoms with E-state index in [4.69, 9.17) is 4.74 Å².